The Morgan fingerprint density at radius 1 is 1.30 bits per heavy atom. The molecule has 0 amide bonds. The van der Waals surface area contributed by atoms with E-state index in [0.717, 1.165) is 6.33 Å². The zero-order chi connectivity index (χ0) is 14.7. The molecular weight excluding hydrogens is 262 g/mol. The quantitative estimate of drug-likeness (QED) is 0.280. The number of nitro groups is 1. The zero-order valence-electron chi connectivity index (χ0n) is 10.2. The molecule has 2 rings (SSSR count). The van der Waals surface area contributed by atoms with Crippen LogP contribution in [0, 0.1) is 15.5 Å². The molecule has 0 unspecified atom stereocenters. The Labute approximate surface area is 113 Å². The van der Waals surface area contributed by atoms with Crippen molar-refractivity contribution in [2.24, 2.45) is 5.73 Å². The molecule has 20 heavy (non-hydrogen) atoms. The van der Waals surface area contributed by atoms with Gasteiger partial charge in [0.25, 0.3) is 0 Å². The molecule has 1 heterocycles. The first-order valence-corrected chi connectivity index (χ1v) is 5.45. The smallest absolute Gasteiger partial charge is 0.353 e. The van der Waals surface area contributed by atoms with Crippen LogP contribution in [0.25, 0.3) is 0 Å². The molecule has 0 bridgehead atoms. The molecule has 0 atom stereocenters. The van der Waals surface area contributed by atoms with Crippen molar-refractivity contribution in [3.05, 3.63) is 46.3 Å². The Balaban J connectivity index is 2.33. The molecule has 9 nitrogen and oxygen atoms in total. The lowest BCUT2D eigenvalue weighted by Gasteiger charge is -2.07. The van der Waals surface area contributed by atoms with Gasteiger partial charge in [0.15, 0.2) is 0 Å². The van der Waals surface area contributed by atoms with Crippen molar-refractivity contribution in [3.8, 4) is 0 Å². The van der Waals surface area contributed by atoms with Gasteiger partial charge in [0.2, 0.25) is 11.6 Å². The highest BCUT2D eigenvalue weighted by molar-refractivity contribution is 5.95. The summed E-state index contributed by atoms with van der Waals surface area (Å²) < 4.78 is 0. The summed E-state index contributed by atoms with van der Waals surface area (Å²) in [6.07, 6.45) is 1.13. The van der Waals surface area contributed by atoms with Gasteiger partial charge in [-0.3, -0.25) is 15.5 Å². The molecule has 102 valence electrons. The first-order valence-electron chi connectivity index (χ1n) is 5.45. The van der Waals surface area contributed by atoms with Crippen LogP contribution in [0.5, 0.6) is 0 Å². The number of nitrogen functional groups attached to an aromatic ring is 2. The topological polar surface area (TPSA) is 157 Å². The molecule has 0 saturated heterocycles. The van der Waals surface area contributed by atoms with E-state index in [1.54, 1.807) is 24.3 Å². The van der Waals surface area contributed by atoms with Crippen LogP contribution in [-0.2, 0) is 0 Å². The van der Waals surface area contributed by atoms with E-state index in [1.165, 1.54) is 0 Å². The zero-order valence-corrected chi connectivity index (χ0v) is 10.2. The van der Waals surface area contributed by atoms with E-state index in [2.05, 4.69) is 15.3 Å². The van der Waals surface area contributed by atoms with E-state index < -0.39 is 4.92 Å². The fourth-order valence-electron chi connectivity index (χ4n) is 1.53. The van der Waals surface area contributed by atoms with Gasteiger partial charge in [-0.25, -0.2) is 9.97 Å². The average Bonchev–Trinajstić information content (AvgIpc) is 2.39. The third-order valence-corrected chi connectivity index (χ3v) is 2.49. The summed E-state index contributed by atoms with van der Waals surface area (Å²) in [5, 5.41) is 21.0. The molecule has 0 spiro atoms. The number of benzene rings is 1. The fraction of sp³-hybridized carbons (Fsp3) is 0. The van der Waals surface area contributed by atoms with Crippen LogP contribution in [0.1, 0.15) is 5.56 Å². The van der Waals surface area contributed by atoms with Crippen LogP contribution in [0.2, 0.25) is 0 Å². The number of rotatable bonds is 4. The maximum Gasteiger partial charge on any atom is 0.353 e. The Kier molecular flexibility index (Phi) is 3.42. The lowest BCUT2D eigenvalue weighted by molar-refractivity contribution is -0.383. The summed E-state index contributed by atoms with van der Waals surface area (Å²) in [6.45, 7) is 0. The van der Waals surface area contributed by atoms with E-state index in [1.807, 2.05) is 0 Å². The molecule has 9 heteroatoms. The molecule has 6 N–H and O–H groups in total. The molecular formula is C11H11N7O2. The van der Waals surface area contributed by atoms with Crippen LogP contribution in [-0.4, -0.2) is 20.7 Å². The maximum atomic E-state index is 10.9. The lowest BCUT2D eigenvalue weighted by atomic mass is 10.2. The van der Waals surface area contributed by atoms with Crippen molar-refractivity contribution in [2.45, 2.75) is 0 Å². The Bertz CT molecular complexity index is 669. The van der Waals surface area contributed by atoms with Gasteiger partial charge in [-0.2, -0.15) is 0 Å². The summed E-state index contributed by atoms with van der Waals surface area (Å²) >= 11 is 0. The summed E-state index contributed by atoms with van der Waals surface area (Å²) in [6, 6.07) is 6.47. The van der Waals surface area contributed by atoms with Crippen LogP contribution in [0.4, 0.5) is 23.0 Å². The van der Waals surface area contributed by atoms with Crippen molar-refractivity contribution in [2.75, 3.05) is 11.1 Å². The van der Waals surface area contributed by atoms with Crippen molar-refractivity contribution < 1.29 is 4.92 Å². The number of nitrogens with one attached hydrogen (secondary N) is 2. The van der Waals surface area contributed by atoms with Gasteiger partial charge in [-0.05, 0) is 24.3 Å². The van der Waals surface area contributed by atoms with E-state index in [0.29, 0.717) is 11.3 Å². The number of nitrogens with zero attached hydrogens (tertiary/aromatic N) is 3. The Morgan fingerprint density at radius 3 is 2.50 bits per heavy atom. The van der Waals surface area contributed by atoms with Crippen LogP contribution in [0.15, 0.2) is 30.6 Å². The van der Waals surface area contributed by atoms with Crippen LogP contribution >= 0.6 is 0 Å². The van der Waals surface area contributed by atoms with Gasteiger partial charge in [0, 0.05) is 11.3 Å². The predicted octanol–water partition coefficient (Wildman–Crippen LogP) is 0.995. The molecule has 0 aliphatic carbocycles. The fourth-order valence-corrected chi connectivity index (χ4v) is 1.53. The van der Waals surface area contributed by atoms with Gasteiger partial charge in [-0.1, -0.05) is 0 Å². The number of amidine groups is 1. The molecule has 1 aromatic carbocycles. The summed E-state index contributed by atoms with van der Waals surface area (Å²) in [4.78, 5) is 17.7. The predicted molar refractivity (Wildman–Crippen MR) is 73.8 cm³/mol. The highest BCUT2D eigenvalue weighted by Crippen LogP contribution is 2.28. The van der Waals surface area contributed by atoms with E-state index in [-0.39, 0.29) is 23.2 Å². The van der Waals surface area contributed by atoms with Gasteiger partial charge in [-0.15, -0.1) is 0 Å². The monoisotopic (exact) mass is 273 g/mol. The minimum absolute atomic E-state index is 0.00178. The molecule has 1 aromatic heterocycles. The largest absolute Gasteiger partial charge is 0.384 e. The standard InChI is InChI=1S/C11H11N7O2/c12-9(13)6-1-3-7(4-2-6)17-11-8(18(19)20)10(14)15-5-16-11/h1-5H,(H3,12,13)(H3,14,15,16,17). The molecule has 0 aliphatic rings. The van der Waals surface area contributed by atoms with Gasteiger partial charge in [0.05, 0.1) is 4.92 Å². The number of aromatic nitrogens is 2. The molecule has 0 radical (unpaired) electrons. The summed E-state index contributed by atoms with van der Waals surface area (Å²) in [5.41, 5.74) is 11.5. The lowest BCUT2D eigenvalue weighted by Crippen LogP contribution is -2.10. The number of nitrogens with two attached hydrogens (primary N) is 2. The van der Waals surface area contributed by atoms with E-state index >= 15 is 0 Å². The third-order valence-electron chi connectivity index (χ3n) is 2.49. The number of hydrogen-bond donors (Lipinski definition) is 4. The van der Waals surface area contributed by atoms with Crippen molar-refractivity contribution in [1.29, 1.82) is 5.41 Å². The van der Waals surface area contributed by atoms with Gasteiger partial charge < -0.3 is 16.8 Å². The second-order valence-electron chi connectivity index (χ2n) is 3.83. The van der Waals surface area contributed by atoms with Crippen LogP contribution in [0.3, 0.4) is 0 Å². The first-order chi connectivity index (χ1) is 9.49. The normalized spacial score (nSPS) is 10.0. The van der Waals surface area contributed by atoms with Crippen molar-refractivity contribution in [1.82, 2.24) is 9.97 Å². The van der Waals surface area contributed by atoms with Gasteiger partial charge >= 0.3 is 5.69 Å². The molecule has 0 saturated carbocycles. The van der Waals surface area contributed by atoms with E-state index in [4.69, 9.17) is 16.9 Å². The molecule has 2 aromatic rings. The minimum atomic E-state index is -0.651. The van der Waals surface area contributed by atoms with Crippen molar-refractivity contribution >= 4 is 28.8 Å². The first kappa shape index (κ1) is 13.2. The Hall–Kier alpha value is -3.23. The van der Waals surface area contributed by atoms with Crippen LogP contribution < -0.4 is 16.8 Å². The van der Waals surface area contributed by atoms with Crippen molar-refractivity contribution in [3.63, 3.8) is 0 Å². The summed E-state index contributed by atoms with van der Waals surface area (Å²) in [5.74, 6) is -0.278. The van der Waals surface area contributed by atoms with Gasteiger partial charge in [0.1, 0.15) is 12.2 Å². The SMILES string of the molecule is N=C(N)c1ccc(Nc2ncnc(N)c2[N+](=O)[O-])cc1. The second kappa shape index (κ2) is 5.18. The average molecular weight is 273 g/mol. The maximum absolute atomic E-state index is 10.9. The Morgan fingerprint density at radius 2 is 1.95 bits per heavy atom. The third kappa shape index (κ3) is 2.61. The highest BCUT2D eigenvalue weighted by Gasteiger charge is 2.20. The minimum Gasteiger partial charge on any atom is -0.384 e. The highest BCUT2D eigenvalue weighted by atomic mass is 16.6. The molecule has 0 aliphatic heterocycles. The second-order valence-corrected chi connectivity index (χ2v) is 3.83. The summed E-state index contributed by atoms with van der Waals surface area (Å²) in [7, 11) is 0. The number of hydrogen-bond acceptors (Lipinski definition) is 7. The molecule has 0 fully saturated rings. The number of anilines is 3. The van der Waals surface area contributed by atoms with E-state index in [9.17, 15) is 10.1 Å².